The number of hydrogen-bond acceptors (Lipinski definition) is 3. The third-order valence-electron chi connectivity index (χ3n) is 3.76. The van der Waals surface area contributed by atoms with Crippen LogP contribution in [0.1, 0.15) is 26.2 Å². The Morgan fingerprint density at radius 3 is 2.83 bits per heavy atom. The minimum Gasteiger partial charge on any atom is -0.382 e. The summed E-state index contributed by atoms with van der Waals surface area (Å²) in [4.78, 5) is 9.90. The van der Waals surface area contributed by atoms with Gasteiger partial charge in [-0.25, -0.2) is 4.39 Å². The van der Waals surface area contributed by atoms with Crippen molar-refractivity contribution >= 4 is 11.4 Å². The standard InChI is InChI=1S/C13H17FN2O2/c1-9-3-2-4-10(9)8-15-13-6-5-11(16(17)18)7-12(13)14/h5-7,9-10,15H,2-4,8H2,1H3. The molecule has 0 saturated heterocycles. The lowest BCUT2D eigenvalue weighted by Gasteiger charge is -2.16. The zero-order valence-corrected chi connectivity index (χ0v) is 10.4. The van der Waals surface area contributed by atoms with Gasteiger partial charge in [0.1, 0.15) is 0 Å². The average molecular weight is 252 g/mol. The Hall–Kier alpha value is -1.65. The topological polar surface area (TPSA) is 55.2 Å². The molecule has 2 unspecified atom stereocenters. The lowest BCUT2D eigenvalue weighted by Crippen LogP contribution is -2.17. The first-order valence-corrected chi connectivity index (χ1v) is 6.25. The van der Waals surface area contributed by atoms with Gasteiger partial charge in [-0.3, -0.25) is 10.1 Å². The second-order valence-electron chi connectivity index (χ2n) is 4.97. The van der Waals surface area contributed by atoms with Crippen LogP contribution >= 0.6 is 0 Å². The highest BCUT2D eigenvalue weighted by atomic mass is 19.1. The second kappa shape index (κ2) is 5.33. The maximum absolute atomic E-state index is 13.6. The highest BCUT2D eigenvalue weighted by molar-refractivity contribution is 5.50. The fourth-order valence-corrected chi connectivity index (χ4v) is 2.53. The molecule has 2 rings (SSSR count). The fraction of sp³-hybridized carbons (Fsp3) is 0.538. The number of nitrogens with zero attached hydrogens (tertiary/aromatic N) is 1. The molecule has 0 aromatic heterocycles. The van der Waals surface area contributed by atoms with Crippen LogP contribution in [0.3, 0.4) is 0 Å². The smallest absolute Gasteiger partial charge is 0.272 e. The Kier molecular flexibility index (Phi) is 3.79. The van der Waals surface area contributed by atoms with E-state index >= 15 is 0 Å². The molecule has 1 N–H and O–H groups in total. The Balaban J connectivity index is 1.99. The largest absolute Gasteiger partial charge is 0.382 e. The number of non-ortho nitro benzene ring substituents is 1. The Morgan fingerprint density at radius 1 is 1.50 bits per heavy atom. The molecular weight excluding hydrogens is 235 g/mol. The van der Waals surface area contributed by atoms with E-state index in [0.29, 0.717) is 17.5 Å². The molecule has 1 fully saturated rings. The fourth-order valence-electron chi connectivity index (χ4n) is 2.53. The third kappa shape index (κ3) is 2.78. The van der Waals surface area contributed by atoms with E-state index in [0.717, 1.165) is 12.6 Å². The summed E-state index contributed by atoms with van der Waals surface area (Å²) < 4.78 is 13.6. The number of nitro groups is 1. The van der Waals surface area contributed by atoms with Crippen molar-refractivity contribution in [3.05, 3.63) is 34.1 Å². The van der Waals surface area contributed by atoms with Crippen LogP contribution in [-0.4, -0.2) is 11.5 Å². The van der Waals surface area contributed by atoms with Crippen LogP contribution in [0.4, 0.5) is 15.8 Å². The normalized spacial score (nSPS) is 23.0. The minimum atomic E-state index is -0.591. The molecule has 1 aliphatic carbocycles. The van der Waals surface area contributed by atoms with Crippen molar-refractivity contribution < 1.29 is 9.31 Å². The molecule has 2 atom stereocenters. The first-order chi connectivity index (χ1) is 8.58. The molecule has 0 aliphatic heterocycles. The second-order valence-corrected chi connectivity index (χ2v) is 4.97. The van der Waals surface area contributed by atoms with E-state index in [-0.39, 0.29) is 5.69 Å². The van der Waals surface area contributed by atoms with Crippen LogP contribution < -0.4 is 5.32 Å². The SMILES string of the molecule is CC1CCCC1CNc1ccc([N+](=O)[O-])cc1F. The molecular formula is C13H17FN2O2. The number of nitro benzene ring substituents is 1. The molecule has 0 spiro atoms. The Bertz CT molecular complexity index is 451. The van der Waals surface area contributed by atoms with E-state index in [1.54, 1.807) is 0 Å². The van der Waals surface area contributed by atoms with Crippen molar-refractivity contribution in [2.45, 2.75) is 26.2 Å². The highest BCUT2D eigenvalue weighted by Gasteiger charge is 2.23. The van der Waals surface area contributed by atoms with E-state index < -0.39 is 10.7 Å². The molecule has 0 radical (unpaired) electrons. The molecule has 1 aromatic rings. The molecule has 0 bridgehead atoms. The van der Waals surface area contributed by atoms with Gasteiger partial charge in [-0.15, -0.1) is 0 Å². The van der Waals surface area contributed by atoms with E-state index in [1.165, 1.54) is 31.4 Å². The molecule has 1 saturated carbocycles. The summed E-state index contributed by atoms with van der Waals surface area (Å²) in [5.74, 6) is 0.674. The van der Waals surface area contributed by atoms with Crippen LogP contribution in [0.2, 0.25) is 0 Å². The molecule has 0 heterocycles. The van der Waals surface area contributed by atoms with Crippen molar-refractivity contribution in [2.24, 2.45) is 11.8 Å². The number of rotatable bonds is 4. The number of benzene rings is 1. The van der Waals surface area contributed by atoms with Crippen LogP contribution in [-0.2, 0) is 0 Å². The summed E-state index contributed by atoms with van der Waals surface area (Å²) in [7, 11) is 0. The summed E-state index contributed by atoms with van der Waals surface area (Å²) in [6.45, 7) is 2.95. The number of hydrogen-bond donors (Lipinski definition) is 1. The summed E-state index contributed by atoms with van der Waals surface area (Å²) in [6, 6.07) is 3.72. The van der Waals surface area contributed by atoms with E-state index in [4.69, 9.17) is 0 Å². The zero-order chi connectivity index (χ0) is 13.1. The van der Waals surface area contributed by atoms with Crippen molar-refractivity contribution in [3.63, 3.8) is 0 Å². The maximum atomic E-state index is 13.6. The molecule has 0 amide bonds. The van der Waals surface area contributed by atoms with Gasteiger partial charge in [0.05, 0.1) is 16.7 Å². The first kappa shape index (κ1) is 12.8. The van der Waals surface area contributed by atoms with Crippen LogP contribution in [0.5, 0.6) is 0 Å². The molecule has 1 aliphatic rings. The number of halogens is 1. The maximum Gasteiger partial charge on any atom is 0.272 e. The predicted molar refractivity (Wildman–Crippen MR) is 68.0 cm³/mol. The predicted octanol–water partition coefficient (Wildman–Crippen LogP) is 3.58. The van der Waals surface area contributed by atoms with Gasteiger partial charge in [0.2, 0.25) is 0 Å². The van der Waals surface area contributed by atoms with Crippen LogP contribution in [0, 0.1) is 27.8 Å². The molecule has 18 heavy (non-hydrogen) atoms. The molecule has 4 nitrogen and oxygen atoms in total. The van der Waals surface area contributed by atoms with Gasteiger partial charge in [0.15, 0.2) is 5.82 Å². The van der Waals surface area contributed by atoms with Crippen LogP contribution in [0.25, 0.3) is 0 Å². The van der Waals surface area contributed by atoms with Gasteiger partial charge in [0.25, 0.3) is 5.69 Å². The minimum absolute atomic E-state index is 0.215. The first-order valence-electron chi connectivity index (χ1n) is 6.25. The van der Waals surface area contributed by atoms with Crippen LogP contribution in [0.15, 0.2) is 18.2 Å². The van der Waals surface area contributed by atoms with E-state index in [2.05, 4.69) is 12.2 Å². The molecule has 1 aromatic carbocycles. The summed E-state index contributed by atoms with van der Waals surface area (Å²) in [5, 5.41) is 13.5. The Morgan fingerprint density at radius 2 is 2.28 bits per heavy atom. The van der Waals surface area contributed by atoms with Gasteiger partial charge < -0.3 is 5.32 Å². The van der Waals surface area contributed by atoms with Crippen molar-refractivity contribution in [1.82, 2.24) is 0 Å². The lowest BCUT2D eigenvalue weighted by molar-refractivity contribution is -0.385. The number of anilines is 1. The summed E-state index contributed by atoms with van der Waals surface area (Å²) in [5.41, 5.74) is 0.131. The van der Waals surface area contributed by atoms with Gasteiger partial charge >= 0.3 is 0 Å². The van der Waals surface area contributed by atoms with E-state index in [1.807, 2.05) is 0 Å². The van der Waals surface area contributed by atoms with Gasteiger partial charge in [-0.05, 0) is 24.3 Å². The van der Waals surface area contributed by atoms with Crippen molar-refractivity contribution in [2.75, 3.05) is 11.9 Å². The average Bonchev–Trinajstić information content (AvgIpc) is 2.73. The van der Waals surface area contributed by atoms with Crippen molar-refractivity contribution in [3.8, 4) is 0 Å². The molecule has 98 valence electrons. The highest BCUT2D eigenvalue weighted by Crippen LogP contribution is 2.31. The van der Waals surface area contributed by atoms with E-state index in [9.17, 15) is 14.5 Å². The lowest BCUT2D eigenvalue weighted by atomic mass is 9.98. The summed E-state index contributed by atoms with van der Waals surface area (Å²) >= 11 is 0. The monoisotopic (exact) mass is 252 g/mol. The van der Waals surface area contributed by atoms with Crippen molar-refractivity contribution in [1.29, 1.82) is 0 Å². The zero-order valence-electron chi connectivity index (χ0n) is 10.4. The van der Waals surface area contributed by atoms with Gasteiger partial charge in [-0.2, -0.15) is 0 Å². The Labute approximate surface area is 105 Å². The quantitative estimate of drug-likeness (QED) is 0.658. The van der Waals surface area contributed by atoms with Gasteiger partial charge in [-0.1, -0.05) is 19.8 Å². The summed E-state index contributed by atoms with van der Waals surface area (Å²) in [6.07, 6.45) is 3.63. The molecule has 5 heteroatoms. The van der Waals surface area contributed by atoms with Gasteiger partial charge in [0, 0.05) is 12.6 Å². The third-order valence-corrected chi connectivity index (χ3v) is 3.76. The number of nitrogens with one attached hydrogen (secondary N) is 1.